The van der Waals surface area contributed by atoms with Crippen LogP contribution in [0.1, 0.15) is 41.9 Å². The minimum absolute atomic E-state index is 0.261. The standard InChI is InChI=1S/C21H21N9O2S/c1-21(32)8-30(9-21)16-5-22-13(4-15(16)29-6-14(24-11-29)12-2-3-12)19(31)26-17-7-33-20(27-17)18-23-10-25-28-18/h4-7,10-12,32H,2-3,8-9H2,1H3,(H,26,31)(H,23,25,28). The van der Waals surface area contributed by atoms with Gasteiger partial charge in [-0.15, -0.1) is 11.3 Å². The first kappa shape index (κ1) is 20.0. The Hall–Kier alpha value is -3.64. The van der Waals surface area contributed by atoms with Gasteiger partial charge < -0.3 is 19.9 Å². The van der Waals surface area contributed by atoms with Gasteiger partial charge in [-0.3, -0.25) is 9.89 Å². The summed E-state index contributed by atoms with van der Waals surface area (Å²) in [7, 11) is 0. The van der Waals surface area contributed by atoms with Gasteiger partial charge in [0.25, 0.3) is 5.91 Å². The van der Waals surface area contributed by atoms with Crippen molar-refractivity contribution in [3.8, 4) is 16.5 Å². The van der Waals surface area contributed by atoms with Crippen LogP contribution < -0.4 is 10.2 Å². The third-order valence-corrected chi connectivity index (χ3v) is 6.59. The summed E-state index contributed by atoms with van der Waals surface area (Å²) in [5, 5.41) is 22.0. The zero-order valence-corrected chi connectivity index (χ0v) is 18.6. The number of rotatable bonds is 6. The molecule has 1 amide bonds. The number of imidazole rings is 1. The number of hydrogen-bond acceptors (Lipinski definition) is 9. The van der Waals surface area contributed by atoms with Crippen molar-refractivity contribution in [2.75, 3.05) is 23.3 Å². The van der Waals surface area contributed by atoms with Crippen LogP contribution in [0, 0.1) is 0 Å². The molecule has 4 aromatic heterocycles. The van der Waals surface area contributed by atoms with Gasteiger partial charge in [-0.25, -0.2) is 19.9 Å². The number of pyridine rings is 1. The molecule has 1 saturated carbocycles. The molecular weight excluding hydrogens is 442 g/mol. The van der Waals surface area contributed by atoms with Crippen LogP contribution in [0.4, 0.5) is 11.5 Å². The average molecular weight is 464 g/mol. The van der Waals surface area contributed by atoms with Crippen molar-refractivity contribution in [3.05, 3.63) is 47.9 Å². The Bertz CT molecular complexity index is 1320. The fourth-order valence-electron chi connectivity index (χ4n) is 3.95. The number of nitrogens with zero attached hydrogens (tertiary/aromatic N) is 7. The second kappa shape index (κ2) is 7.46. The Morgan fingerprint density at radius 1 is 1.27 bits per heavy atom. The van der Waals surface area contributed by atoms with E-state index in [0.717, 1.165) is 29.9 Å². The second-order valence-electron chi connectivity index (χ2n) is 8.72. The molecule has 0 atom stereocenters. The summed E-state index contributed by atoms with van der Waals surface area (Å²) in [5.41, 5.74) is 2.23. The van der Waals surface area contributed by atoms with Crippen LogP contribution in [0.3, 0.4) is 0 Å². The molecule has 0 aromatic carbocycles. The Balaban J connectivity index is 1.28. The maximum absolute atomic E-state index is 13.0. The van der Waals surface area contributed by atoms with Crippen molar-refractivity contribution in [1.29, 1.82) is 0 Å². The molecule has 2 fully saturated rings. The Kier molecular flexibility index (Phi) is 4.52. The van der Waals surface area contributed by atoms with E-state index in [1.807, 2.05) is 22.6 Å². The number of H-pyrrole nitrogens is 1. The summed E-state index contributed by atoms with van der Waals surface area (Å²) in [5.74, 6) is 1.12. The van der Waals surface area contributed by atoms with Crippen molar-refractivity contribution in [2.45, 2.75) is 31.3 Å². The molecule has 1 aliphatic carbocycles. The highest BCUT2D eigenvalue weighted by Crippen LogP contribution is 2.40. The van der Waals surface area contributed by atoms with E-state index in [9.17, 15) is 9.90 Å². The van der Waals surface area contributed by atoms with Gasteiger partial charge in [0.2, 0.25) is 0 Å². The Morgan fingerprint density at radius 3 is 2.85 bits per heavy atom. The first-order valence-electron chi connectivity index (χ1n) is 10.6. The van der Waals surface area contributed by atoms with Crippen LogP contribution in [0.5, 0.6) is 0 Å². The van der Waals surface area contributed by atoms with Gasteiger partial charge in [-0.1, -0.05) is 0 Å². The van der Waals surface area contributed by atoms with Crippen LogP contribution in [0.2, 0.25) is 0 Å². The maximum Gasteiger partial charge on any atom is 0.275 e. The van der Waals surface area contributed by atoms with Crippen LogP contribution in [0.15, 0.2) is 36.5 Å². The molecule has 2 aliphatic rings. The maximum atomic E-state index is 13.0. The third kappa shape index (κ3) is 3.87. The number of amides is 1. The minimum atomic E-state index is -0.729. The molecule has 4 aromatic rings. The van der Waals surface area contributed by atoms with Crippen LogP contribution in [-0.4, -0.2) is 64.4 Å². The average Bonchev–Trinajstić information content (AvgIpc) is 3.19. The van der Waals surface area contributed by atoms with E-state index in [-0.39, 0.29) is 11.6 Å². The molecule has 33 heavy (non-hydrogen) atoms. The number of aromatic nitrogens is 7. The Labute approximate surface area is 192 Å². The molecule has 0 bridgehead atoms. The number of carbonyl (C=O) groups is 1. The third-order valence-electron chi connectivity index (χ3n) is 5.74. The van der Waals surface area contributed by atoms with E-state index in [0.29, 0.717) is 35.7 Å². The summed E-state index contributed by atoms with van der Waals surface area (Å²) >= 11 is 1.35. The van der Waals surface area contributed by atoms with Crippen LogP contribution in [-0.2, 0) is 0 Å². The van der Waals surface area contributed by atoms with Gasteiger partial charge >= 0.3 is 0 Å². The highest BCUT2D eigenvalue weighted by atomic mass is 32.1. The zero-order valence-electron chi connectivity index (χ0n) is 17.8. The van der Waals surface area contributed by atoms with E-state index in [1.54, 1.807) is 24.0 Å². The van der Waals surface area contributed by atoms with Crippen molar-refractivity contribution in [3.63, 3.8) is 0 Å². The van der Waals surface area contributed by atoms with Gasteiger partial charge in [0.1, 0.15) is 17.8 Å². The topological polar surface area (TPSA) is 138 Å². The molecule has 0 radical (unpaired) electrons. The lowest BCUT2D eigenvalue weighted by Crippen LogP contribution is -2.60. The molecule has 1 saturated heterocycles. The van der Waals surface area contributed by atoms with E-state index in [4.69, 9.17) is 0 Å². The lowest BCUT2D eigenvalue weighted by Gasteiger charge is -2.46. The van der Waals surface area contributed by atoms with Gasteiger partial charge in [0.05, 0.1) is 35.2 Å². The molecular formula is C21H21N9O2S. The smallest absolute Gasteiger partial charge is 0.275 e. The second-order valence-corrected chi connectivity index (χ2v) is 9.58. The van der Waals surface area contributed by atoms with Crippen molar-refractivity contribution < 1.29 is 9.90 Å². The predicted molar refractivity (Wildman–Crippen MR) is 122 cm³/mol. The Morgan fingerprint density at radius 2 is 2.12 bits per heavy atom. The van der Waals surface area contributed by atoms with Crippen molar-refractivity contribution in [2.24, 2.45) is 0 Å². The number of aliphatic hydroxyl groups is 1. The highest BCUT2D eigenvalue weighted by molar-refractivity contribution is 7.13. The molecule has 0 unspecified atom stereocenters. The van der Waals surface area contributed by atoms with Crippen LogP contribution >= 0.6 is 11.3 Å². The number of β-amino-alcohol motifs (C(OH)–C–C–N with tert-alkyl or cyclic N) is 1. The van der Waals surface area contributed by atoms with Crippen LogP contribution in [0.25, 0.3) is 16.5 Å². The number of aromatic amines is 1. The lowest BCUT2D eigenvalue weighted by molar-refractivity contribution is 0.0310. The summed E-state index contributed by atoms with van der Waals surface area (Å²) in [4.78, 5) is 32.4. The summed E-state index contributed by atoms with van der Waals surface area (Å²) in [6.45, 7) is 2.81. The van der Waals surface area contributed by atoms with E-state index < -0.39 is 5.60 Å². The number of anilines is 2. The monoisotopic (exact) mass is 463 g/mol. The molecule has 0 spiro atoms. The van der Waals surface area contributed by atoms with Gasteiger partial charge in [0.15, 0.2) is 10.8 Å². The van der Waals surface area contributed by atoms with Gasteiger partial charge in [0, 0.05) is 30.6 Å². The molecule has 168 valence electrons. The number of hydrogen-bond donors (Lipinski definition) is 3. The summed E-state index contributed by atoms with van der Waals surface area (Å²) < 4.78 is 1.93. The van der Waals surface area contributed by atoms with E-state index >= 15 is 0 Å². The van der Waals surface area contributed by atoms with Gasteiger partial charge in [-0.2, -0.15) is 5.10 Å². The minimum Gasteiger partial charge on any atom is -0.386 e. The first-order chi connectivity index (χ1) is 15.9. The zero-order chi connectivity index (χ0) is 22.6. The predicted octanol–water partition coefficient (Wildman–Crippen LogP) is 2.21. The van der Waals surface area contributed by atoms with E-state index in [2.05, 4.69) is 35.5 Å². The fraction of sp³-hybridized carbons (Fsp3) is 0.333. The molecule has 6 rings (SSSR count). The largest absolute Gasteiger partial charge is 0.386 e. The number of carbonyl (C=O) groups excluding carboxylic acids is 1. The quantitative estimate of drug-likeness (QED) is 0.396. The molecule has 1 aliphatic heterocycles. The number of thiazole rings is 1. The van der Waals surface area contributed by atoms with Crippen molar-refractivity contribution in [1.82, 2.24) is 34.7 Å². The first-order valence-corrected chi connectivity index (χ1v) is 11.5. The van der Waals surface area contributed by atoms with E-state index in [1.165, 1.54) is 17.7 Å². The fourth-order valence-corrected chi connectivity index (χ4v) is 4.64. The molecule has 3 N–H and O–H groups in total. The number of nitrogens with one attached hydrogen (secondary N) is 2. The highest BCUT2D eigenvalue weighted by Gasteiger charge is 2.38. The summed E-state index contributed by atoms with van der Waals surface area (Å²) in [6.07, 6.45) is 9.19. The lowest BCUT2D eigenvalue weighted by atomic mass is 9.96. The van der Waals surface area contributed by atoms with Crippen molar-refractivity contribution >= 4 is 28.7 Å². The molecule has 12 heteroatoms. The molecule has 11 nitrogen and oxygen atoms in total. The SMILES string of the molecule is CC1(O)CN(c2cnc(C(=O)Nc3csc(-c4ncn[nH]4)n3)cc2-n2cnc(C3CC3)c2)C1. The van der Waals surface area contributed by atoms with Gasteiger partial charge in [-0.05, 0) is 25.8 Å². The normalized spacial score (nSPS) is 17.1. The molecule has 5 heterocycles. The summed E-state index contributed by atoms with van der Waals surface area (Å²) in [6, 6.07) is 1.75.